The highest BCUT2D eigenvalue weighted by molar-refractivity contribution is 4.76. The minimum Gasteiger partial charge on any atom is -0.347 e. The van der Waals surface area contributed by atoms with Crippen molar-refractivity contribution >= 4 is 0 Å². The van der Waals surface area contributed by atoms with Crippen molar-refractivity contribution in [2.24, 2.45) is 5.73 Å². The van der Waals surface area contributed by atoms with Crippen LogP contribution in [0, 0.1) is 0 Å². The standard InChI is InChI=1S/C9H20N2O2/c1-9(4-5-11(2)3)12-7-8(6-10)13-9/h8H,4-7,10H2,1-3H3. The number of nitrogens with two attached hydrogens (primary N) is 1. The Morgan fingerprint density at radius 2 is 2.23 bits per heavy atom. The van der Waals surface area contributed by atoms with Crippen molar-refractivity contribution in [3.05, 3.63) is 0 Å². The largest absolute Gasteiger partial charge is 0.347 e. The Morgan fingerprint density at radius 3 is 2.69 bits per heavy atom. The average Bonchev–Trinajstić information content (AvgIpc) is 2.45. The maximum Gasteiger partial charge on any atom is 0.167 e. The molecule has 0 radical (unpaired) electrons. The number of hydrogen-bond donors (Lipinski definition) is 1. The molecular formula is C9H20N2O2. The molecule has 1 heterocycles. The van der Waals surface area contributed by atoms with Gasteiger partial charge in [-0.15, -0.1) is 0 Å². The fraction of sp³-hybridized carbons (Fsp3) is 1.00. The third-order valence-corrected chi connectivity index (χ3v) is 2.27. The van der Waals surface area contributed by atoms with Gasteiger partial charge in [-0.2, -0.15) is 0 Å². The molecule has 0 aromatic carbocycles. The zero-order valence-electron chi connectivity index (χ0n) is 8.75. The third-order valence-electron chi connectivity index (χ3n) is 2.27. The Kier molecular flexibility index (Phi) is 3.67. The van der Waals surface area contributed by atoms with Crippen LogP contribution in [-0.4, -0.2) is 50.6 Å². The molecule has 1 saturated heterocycles. The highest BCUT2D eigenvalue weighted by Gasteiger charge is 2.35. The van der Waals surface area contributed by atoms with E-state index in [4.69, 9.17) is 15.2 Å². The van der Waals surface area contributed by atoms with Crippen LogP contribution in [0.2, 0.25) is 0 Å². The summed E-state index contributed by atoms with van der Waals surface area (Å²) in [5.74, 6) is -0.422. The molecule has 0 bridgehead atoms. The molecule has 4 nitrogen and oxygen atoms in total. The van der Waals surface area contributed by atoms with Gasteiger partial charge in [0, 0.05) is 19.5 Å². The van der Waals surface area contributed by atoms with Crippen LogP contribution in [0.25, 0.3) is 0 Å². The second-order valence-corrected chi connectivity index (χ2v) is 3.97. The first-order chi connectivity index (χ1) is 6.06. The molecule has 1 aliphatic heterocycles. The summed E-state index contributed by atoms with van der Waals surface area (Å²) in [6, 6.07) is 0. The van der Waals surface area contributed by atoms with Crippen LogP contribution in [0.4, 0.5) is 0 Å². The Labute approximate surface area is 80.0 Å². The maximum absolute atomic E-state index is 5.67. The fourth-order valence-corrected chi connectivity index (χ4v) is 1.36. The fourth-order valence-electron chi connectivity index (χ4n) is 1.36. The molecule has 1 aliphatic rings. The summed E-state index contributed by atoms with van der Waals surface area (Å²) in [5, 5.41) is 0. The lowest BCUT2D eigenvalue weighted by Crippen LogP contribution is -2.32. The van der Waals surface area contributed by atoms with Gasteiger partial charge in [-0.25, -0.2) is 0 Å². The third kappa shape index (κ3) is 3.23. The predicted octanol–water partition coefficient (Wildman–Crippen LogP) is 0.0284. The maximum atomic E-state index is 5.67. The molecule has 13 heavy (non-hydrogen) atoms. The molecule has 0 aromatic rings. The first-order valence-electron chi connectivity index (χ1n) is 4.72. The van der Waals surface area contributed by atoms with Crippen LogP contribution >= 0.6 is 0 Å². The Morgan fingerprint density at radius 1 is 1.54 bits per heavy atom. The number of ether oxygens (including phenoxy) is 2. The van der Waals surface area contributed by atoms with Crippen molar-refractivity contribution in [1.82, 2.24) is 4.90 Å². The van der Waals surface area contributed by atoms with Gasteiger partial charge in [0.1, 0.15) is 0 Å². The summed E-state index contributed by atoms with van der Waals surface area (Å²) in [4.78, 5) is 2.12. The highest BCUT2D eigenvalue weighted by Crippen LogP contribution is 2.26. The Bertz CT molecular complexity index is 164. The minimum atomic E-state index is -0.422. The van der Waals surface area contributed by atoms with Crippen LogP contribution in [0.1, 0.15) is 13.3 Å². The van der Waals surface area contributed by atoms with Gasteiger partial charge in [-0.05, 0) is 21.0 Å². The van der Waals surface area contributed by atoms with Gasteiger partial charge < -0.3 is 20.1 Å². The van der Waals surface area contributed by atoms with Crippen molar-refractivity contribution in [1.29, 1.82) is 0 Å². The molecule has 1 rings (SSSR count). The Hall–Kier alpha value is -0.160. The van der Waals surface area contributed by atoms with Crippen LogP contribution < -0.4 is 5.73 Å². The SMILES string of the molecule is CN(C)CCC1(C)OCC(CN)O1. The summed E-state index contributed by atoms with van der Waals surface area (Å²) < 4.78 is 11.2. The normalized spacial score (nSPS) is 34.4. The lowest BCUT2D eigenvalue weighted by atomic mass is 10.2. The lowest BCUT2D eigenvalue weighted by Gasteiger charge is -2.24. The zero-order valence-corrected chi connectivity index (χ0v) is 8.75. The quantitative estimate of drug-likeness (QED) is 0.676. The summed E-state index contributed by atoms with van der Waals surface area (Å²) >= 11 is 0. The summed E-state index contributed by atoms with van der Waals surface area (Å²) in [7, 11) is 4.08. The first-order valence-corrected chi connectivity index (χ1v) is 4.72. The van der Waals surface area contributed by atoms with E-state index >= 15 is 0 Å². The molecule has 0 aromatic heterocycles. The molecule has 2 unspecified atom stereocenters. The minimum absolute atomic E-state index is 0.0761. The molecule has 2 atom stereocenters. The molecule has 2 N–H and O–H groups in total. The number of hydrogen-bond acceptors (Lipinski definition) is 4. The van der Waals surface area contributed by atoms with E-state index in [0.29, 0.717) is 13.2 Å². The van der Waals surface area contributed by atoms with Crippen molar-refractivity contribution in [3.63, 3.8) is 0 Å². The van der Waals surface area contributed by atoms with Gasteiger partial charge in [0.25, 0.3) is 0 Å². The van der Waals surface area contributed by atoms with Crippen molar-refractivity contribution in [3.8, 4) is 0 Å². The van der Waals surface area contributed by atoms with E-state index in [9.17, 15) is 0 Å². The van der Waals surface area contributed by atoms with Crippen molar-refractivity contribution in [2.45, 2.75) is 25.2 Å². The van der Waals surface area contributed by atoms with Gasteiger partial charge in [0.05, 0.1) is 12.7 Å². The van der Waals surface area contributed by atoms with Crippen molar-refractivity contribution in [2.75, 3.05) is 33.8 Å². The molecule has 1 fully saturated rings. The first kappa shape index (κ1) is 10.9. The topological polar surface area (TPSA) is 47.7 Å². The van der Waals surface area contributed by atoms with Crippen LogP contribution in [0.15, 0.2) is 0 Å². The monoisotopic (exact) mass is 188 g/mol. The predicted molar refractivity (Wildman–Crippen MR) is 51.5 cm³/mol. The van der Waals surface area contributed by atoms with Crippen molar-refractivity contribution < 1.29 is 9.47 Å². The van der Waals surface area contributed by atoms with E-state index in [1.54, 1.807) is 0 Å². The Balaban J connectivity index is 2.31. The number of nitrogens with zero attached hydrogens (tertiary/aromatic N) is 1. The molecular weight excluding hydrogens is 168 g/mol. The summed E-state index contributed by atoms with van der Waals surface area (Å²) in [5.41, 5.74) is 5.50. The molecule has 0 saturated carbocycles. The highest BCUT2D eigenvalue weighted by atomic mass is 16.7. The second kappa shape index (κ2) is 4.37. The van der Waals surface area contributed by atoms with Crippen LogP contribution in [0.5, 0.6) is 0 Å². The molecule has 4 heteroatoms. The van der Waals surface area contributed by atoms with Gasteiger partial charge >= 0.3 is 0 Å². The molecule has 0 spiro atoms. The van der Waals surface area contributed by atoms with Gasteiger partial charge in [0.2, 0.25) is 0 Å². The summed E-state index contributed by atoms with van der Waals surface area (Å²) in [6.45, 7) is 4.11. The van der Waals surface area contributed by atoms with E-state index in [0.717, 1.165) is 13.0 Å². The number of rotatable bonds is 4. The van der Waals surface area contributed by atoms with Gasteiger partial charge in [-0.1, -0.05) is 0 Å². The molecule has 0 aliphatic carbocycles. The smallest absolute Gasteiger partial charge is 0.167 e. The van der Waals surface area contributed by atoms with E-state index in [-0.39, 0.29) is 6.10 Å². The molecule has 78 valence electrons. The van der Waals surface area contributed by atoms with Gasteiger partial charge in [-0.3, -0.25) is 0 Å². The molecule has 0 amide bonds. The van der Waals surface area contributed by atoms with E-state index < -0.39 is 5.79 Å². The van der Waals surface area contributed by atoms with Gasteiger partial charge in [0.15, 0.2) is 5.79 Å². The van der Waals surface area contributed by atoms with Crippen LogP contribution in [-0.2, 0) is 9.47 Å². The zero-order chi connectivity index (χ0) is 9.90. The van der Waals surface area contributed by atoms with Crippen LogP contribution in [0.3, 0.4) is 0 Å². The van der Waals surface area contributed by atoms with E-state index in [1.807, 2.05) is 21.0 Å². The van der Waals surface area contributed by atoms with E-state index in [2.05, 4.69) is 4.90 Å². The summed E-state index contributed by atoms with van der Waals surface area (Å²) in [6.07, 6.45) is 0.961. The average molecular weight is 188 g/mol. The van der Waals surface area contributed by atoms with E-state index in [1.165, 1.54) is 0 Å². The second-order valence-electron chi connectivity index (χ2n) is 3.97. The lowest BCUT2D eigenvalue weighted by molar-refractivity contribution is -0.158.